The zero-order chi connectivity index (χ0) is 14.2. The van der Waals surface area contributed by atoms with Crippen LogP contribution >= 0.6 is 11.8 Å². The van der Waals surface area contributed by atoms with Crippen LogP contribution < -0.4 is 5.32 Å². The summed E-state index contributed by atoms with van der Waals surface area (Å²) < 4.78 is 0. The van der Waals surface area contributed by atoms with Gasteiger partial charge < -0.3 is 10.2 Å². The number of amides is 1. The summed E-state index contributed by atoms with van der Waals surface area (Å²) in [6.45, 7) is 5.39. The molecular formula is C14H22N4OS. The Bertz CT molecular complexity index is 418. The highest BCUT2D eigenvalue weighted by Crippen LogP contribution is 2.17. The fourth-order valence-electron chi connectivity index (χ4n) is 2.16. The topological polar surface area (TPSA) is 58.1 Å². The van der Waals surface area contributed by atoms with E-state index in [1.807, 2.05) is 19.1 Å². The van der Waals surface area contributed by atoms with E-state index >= 15 is 0 Å². The van der Waals surface area contributed by atoms with Crippen LogP contribution in [0, 0.1) is 0 Å². The van der Waals surface area contributed by atoms with Gasteiger partial charge in [0.05, 0.1) is 0 Å². The number of hydrogen-bond donors (Lipinski definition) is 1. The average Bonchev–Trinajstić information content (AvgIpc) is 2.50. The van der Waals surface area contributed by atoms with Crippen LogP contribution in [0.1, 0.15) is 32.6 Å². The fraction of sp³-hybridized carbons (Fsp3) is 0.643. The second-order valence-corrected chi connectivity index (χ2v) is 6.02. The Hall–Kier alpha value is -1.14. The van der Waals surface area contributed by atoms with Crippen LogP contribution in [0.3, 0.4) is 0 Å². The van der Waals surface area contributed by atoms with E-state index in [9.17, 15) is 4.79 Å². The molecule has 0 radical (unpaired) electrons. The van der Waals surface area contributed by atoms with E-state index in [1.165, 1.54) is 32.4 Å². The van der Waals surface area contributed by atoms with Crippen molar-refractivity contribution >= 4 is 23.5 Å². The molecule has 1 saturated heterocycles. The van der Waals surface area contributed by atoms with Gasteiger partial charge in [-0.05, 0) is 38.1 Å². The van der Waals surface area contributed by atoms with Gasteiger partial charge in [0, 0.05) is 18.7 Å². The van der Waals surface area contributed by atoms with E-state index in [1.54, 1.807) is 11.8 Å². The number of hydrogen-bond acceptors (Lipinski definition) is 5. The van der Waals surface area contributed by atoms with Crippen molar-refractivity contribution in [1.29, 1.82) is 0 Å². The Kier molecular flexibility index (Phi) is 6.26. The predicted molar refractivity (Wildman–Crippen MR) is 82.0 cm³/mol. The maximum Gasteiger partial charge on any atom is 0.225 e. The van der Waals surface area contributed by atoms with Crippen LogP contribution in [-0.4, -0.2) is 46.4 Å². The summed E-state index contributed by atoms with van der Waals surface area (Å²) in [6, 6.07) is 3.73. The molecule has 0 unspecified atom stereocenters. The lowest BCUT2D eigenvalue weighted by Gasteiger charge is -2.25. The molecule has 0 saturated carbocycles. The normalized spacial score (nSPS) is 16.1. The molecule has 0 aliphatic carbocycles. The molecule has 1 fully saturated rings. The number of piperidine rings is 1. The maximum absolute atomic E-state index is 11.2. The molecule has 1 aliphatic rings. The molecule has 110 valence electrons. The van der Waals surface area contributed by atoms with Crippen LogP contribution in [-0.2, 0) is 4.79 Å². The zero-order valence-corrected chi connectivity index (χ0v) is 12.8. The van der Waals surface area contributed by atoms with Crippen molar-refractivity contribution in [3.8, 4) is 0 Å². The molecule has 6 heteroatoms. The molecule has 1 aromatic heterocycles. The molecule has 5 nitrogen and oxygen atoms in total. The number of aromatic nitrogens is 2. The zero-order valence-electron chi connectivity index (χ0n) is 12.0. The van der Waals surface area contributed by atoms with E-state index in [0.29, 0.717) is 12.2 Å². The highest BCUT2D eigenvalue weighted by Gasteiger charge is 2.09. The van der Waals surface area contributed by atoms with Crippen molar-refractivity contribution in [2.45, 2.75) is 37.6 Å². The monoisotopic (exact) mass is 294 g/mol. The van der Waals surface area contributed by atoms with E-state index < -0.39 is 0 Å². The minimum Gasteiger partial charge on any atom is -0.309 e. The predicted octanol–water partition coefficient (Wildman–Crippen LogP) is 2.40. The fourth-order valence-corrected chi connectivity index (χ4v) is 2.98. The van der Waals surface area contributed by atoms with Gasteiger partial charge in [0.25, 0.3) is 0 Å². The molecule has 1 aromatic rings. The summed E-state index contributed by atoms with van der Waals surface area (Å²) in [5, 5.41) is 11.8. The Morgan fingerprint density at radius 3 is 2.75 bits per heavy atom. The van der Waals surface area contributed by atoms with Crippen LogP contribution in [0.5, 0.6) is 0 Å². The van der Waals surface area contributed by atoms with Crippen molar-refractivity contribution in [1.82, 2.24) is 15.1 Å². The maximum atomic E-state index is 11.2. The number of thioether (sulfide) groups is 1. The van der Waals surface area contributed by atoms with Crippen molar-refractivity contribution in [3.63, 3.8) is 0 Å². The van der Waals surface area contributed by atoms with E-state index in [4.69, 9.17) is 0 Å². The number of carbonyl (C=O) groups is 1. The lowest BCUT2D eigenvalue weighted by atomic mass is 10.1. The van der Waals surface area contributed by atoms with Crippen LogP contribution in [0.2, 0.25) is 0 Å². The van der Waals surface area contributed by atoms with Gasteiger partial charge in [-0.1, -0.05) is 13.3 Å². The van der Waals surface area contributed by atoms with Gasteiger partial charge >= 0.3 is 0 Å². The standard InChI is InChI=1S/C14H22N4OS/c1-2-13(19)15-12-6-7-14(17-16-12)20-11-10-18-8-4-3-5-9-18/h6-7H,2-5,8-11H2,1H3,(H,15,16,19). The second kappa shape index (κ2) is 8.21. The summed E-state index contributed by atoms with van der Waals surface area (Å²) in [6.07, 6.45) is 4.49. The molecule has 0 spiro atoms. The number of likely N-dealkylation sites (tertiary alicyclic amines) is 1. The Balaban J connectivity index is 1.71. The Labute approximate surface area is 124 Å². The Morgan fingerprint density at radius 1 is 1.30 bits per heavy atom. The summed E-state index contributed by atoms with van der Waals surface area (Å²) in [5.41, 5.74) is 0. The smallest absolute Gasteiger partial charge is 0.225 e. The van der Waals surface area contributed by atoms with Gasteiger partial charge in [-0.25, -0.2) is 0 Å². The van der Waals surface area contributed by atoms with Gasteiger partial charge in [0.15, 0.2) is 5.82 Å². The molecule has 0 atom stereocenters. The SMILES string of the molecule is CCC(=O)Nc1ccc(SCCN2CCCCC2)nn1. The molecule has 1 aliphatic heterocycles. The number of rotatable bonds is 6. The van der Waals surface area contributed by atoms with Gasteiger partial charge in [-0.15, -0.1) is 22.0 Å². The molecule has 1 amide bonds. The molecule has 0 aromatic carbocycles. The molecule has 20 heavy (non-hydrogen) atoms. The minimum absolute atomic E-state index is 0.0372. The third kappa shape index (κ3) is 5.09. The first-order valence-electron chi connectivity index (χ1n) is 7.26. The number of carbonyl (C=O) groups excluding carboxylic acids is 1. The highest BCUT2D eigenvalue weighted by atomic mass is 32.2. The first-order valence-corrected chi connectivity index (χ1v) is 8.25. The third-order valence-electron chi connectivity index (χ3n) is 3.33. The van der Waals surface area contributed by atoms with Crippen molar-refractivity contribution in [2.75, 3.05) is 30.7 Å². The summed E-state index contributed by atoms with van der Waals surface area (Å²) in [7, 11) is 0. The summed E-state index contributed by atoms with van der Waals surface area (Å²) >= 11 is 1.72. The van der Waals surface area contributed by atoms with Crippen LogP contribution in [0.25, 0.3) is 0 Å². The van der Waals surface area contributed by atoms with E-state index in [-0.39, 0.29) is 5.91 Å². The van der Waals surface area contributed by atoms with Crippen molar-refractivity contribution in [2.24, 2.45) is 0 Å². The van der Waals surface area contributed by atoms with Crippen LogP contribution in [0.15, 0.2) is 17.2 Å². The highest BCUT2D eigenvalue weighted by molar-refractivity contribution is 7.99. The quantitative estimate of drug-likeness (QED) is 0.816. The Morgan fingerprint density at radius 2 is 2.10 bits per heavy atom. The first kappa shape index (κ1) is 15.3. The van der Waals surface area contributed by atoms with Crippen LogP contribution in [0.4, 0.5) is 5.82 Å². The van der Waals surface area contributed by atoms with Gasteiger partial charge in [0.1, 0.15) is 5.03 Å². The summed E-state index contributed by atoms with van der Waals surface area (Å²) in [4.78, 5) is 13.7. The van der Waals surface area contributed by atoms with Crippen molar-refractivity contribution in [3.05, 3.63) is 12.1 Å². The molecule has 0 bridgehead atoms. The number of nitrogens with zero attached hydrogens (tertiary/aromatic N) is 3. The lowest BCUT2D eigenvalue weighted by molar-refractivity contribution is -0.115. The second-order valence-electron chi connectivity index (χ2n) is 4.91. The van der Waals surface area contributed by atoms with Crippen molar-refractivity contribution < 1.29 is 4.79 Å². The molecular weight excluding hydrogens is 272 g/mol. The van der Waals surface area contributed by atoms with Gasteiger partial charge in [0.2, 0.25) is 5.91 Å². The number of anilines is 1. The molecule has 2 heterocycles. The third-order valence-corrected chi connectivity index (χ3v) is 4.24. The number of nitrogens with one attached hydrogen (secondary N) is 1. The average molecular weight is 294 g/mol. The van der Waals surface area contributed by atoms with Gasteiger partial charge in [-0.2, -0.15) is 0 Å². The lowest BCUT2D eigenvalue weighted by Crippen LogP contribution is -2.31. The van der Waals surface area contributed by atoms with E-state index in [2.05, 4.69) is 20.4 Å². The first-order chi connectivity index (χ1) is 9.78. The largest absolute Gasteiger partial charge is 0.309 e. The van der Waals surface area contributed by atoms with Gasteiger partial charge in [-0.3, -0.25) is 4.79 Å². The minimum atomic E-state index is -0.0372. The van der Waals surface area contributed by atoms with E-state index in [0.717, 1.165) is 17.3 Å². The summed E-state index contributed by atoms with van der Waals surface area (Å²) in [5.74, 6) is 1.53. The molecule has 2 rings (SSSR count). The molecule has 1 N–H and O–H groups in total.